The summed E-state index contributed by atoms with van der Waals surface area (Å²) in [5, 5.41) is 0. The highest BCUT2D eigenvalue weighted by molar-refractivity contribution is 5.96. The van der Waals surface area contributed by atoms with Crippen molar-refractivity contribution >= 4 is 11.8 Å². The number of likely N-dealkylation sites (tertiary alicyclic amines) is 1. The minimum atomic E-state index is 0.197. The van der Waals surface area contributed by atoms with E-state index in [1.54, 1.807) is 0 Å². The summed E-state index contributed by atoms with van der Waals surface area (Å²) in [6.45, 7) is 5.79. The zero-order valence-corrected chi connectivity index (χ0v) is 19.3. The van der Waals surface area contributed by atoms with Gasteiger partial charge < -0.3 is 9.80 Å². The first kappa shape index (κ1) is 21.0. The molecule has 4 aliphatic rings. The van der Waals surface area contributed by atoms with Crippen molar-refractivity contribution < 1.29 is 9.59 Å². The number of rotatable bonds is 3. The van der Waals surface area contributed by atoms with Crippen LogP contribution in [0, 0.1) is 31.6 Å². The molecule has 1 aromatic carbocycles. The Bertz CT molecular complexity index is 844. The number of amides is 2. The first-order valence-electron chi connectivity index (χ1n) is 12.7. The van der Waals surface area contributed by atoms with Crippen LogP contribution in [0.2, 0.25) is 0 Å². The van der Waals surface area contributed by atoms with Crippen molar-refractivity contribution in [1.82, 2.24) is 9.80 Å². The van der Waals surface area contributed by atoms with Crippen molar-refractivity contribution in [2.24, 2.45) is 17.8 Å². The van der Waals surface area contributed by atoms with Gasteiger partial charge in [0.2, 0.25) is 5.91 Å². The highest BCUT2D eigenvalue weighted by Crippen LogP contribution is 2.45. The maximum Gasteiger partial charge on any atom is 0.254 e. The lowest BCUT2D eigenvalue weighted by Crippen LogP contribution is -2.65. The molecule has 1 aliphatic carbocycles. The number of hydrogen-bond donors (Lipinski definition) is 0. The normalized spacial score (nSPS) is 31.5. The Morgan fingerprint density at radius 1 is 1.00 bits per heavy atom. The Labute approximate surface area is 187 Å². The summed E-state index contributed by atoms with van der Waals surface area (Å²) < 4.78 is 0. The van der Waals surface area contributed by atoms with Crippen molar-refractivity contribution in [2.45, 2.75) is 90.1 Å². The largest absolute Gasteiger partial charge is 0.338 e. The van der Waals surface area contributed by atoms with Gasteiger partial charge in [-0.2, -0.15) is 0 Å². The van der Waals surface area contributed by atoms with E-state index in [4.69, 9.17) is 0 Å². The van der Waals surface area contributed by atoms with E-state index in [1.165, 1.54) is 44.1 Å². The van der Waals surface area contributed by atoms with E-state index < -0.39 is 0 Å². The molecule has 4 heteroatoms. The Kier molecular flexibility index (Phi) is 5.83. The number of carbonyl (C=O) groups is 2. The van der Waals surface area contributed by atoms with Crippen LogP contribution in [0.25, 0.3) is 0 Å². The molecule has 4 fully saturated rings. The lowest BCUT2D eigenvalue weighted by molar-refractivity contribution is -0.153. The molecule has 168 valence electrons. The van der Waals surface area contributed by atoms with Gasteiger partial charge in [0.1, 0.15) is 0 Å². The van der Waals surface area contributed by atoms with E-state index in [1.807, 2.05) is 12.1 Å². The van der Waals surface area contributed by atoms with E-state index >= 15 is 0 Å². The van der Waals surface area contributed by atoms with Crippen LogP contribution in [-0.2, 0) is 4.79 Å². The fraction of sp³-hybridized carbons (Fsp3) is 0.704. The summed E-state index contributed by atoms with van der Waals surface area (Å²) in [5.74, 6) is 2.23. The second-order valence-electron chi connectivity index (χ2n) is 10.8. The zero-order valence-electron chi connectivity index (χ0n) is 19.3. The summed E-state index contributed by atoms with van der Waals surface area (Å²) in [6, 6.07) is 6.77. The van der Waals surface area contributed by atoms with Crippen LogP contribution in [0.1, 0.15) is 85.7 Å². The minimum absolute atomic E-state index is 0.197. The highest BCUT2D eigenvalue weighted by atomic mass is 16.2. The summed E-state index contributed by atoms with van der Waals surface area (Å²) in [5.41, 5.74) is 3.15. The average molecular weight is 423 g/mol. The molecule has 0 unspecified atom stereocenters. The van der Waals surface area contributed by atoms with Crippen LogP contribution in [0.15, 0.2) is 18.2 Å². The van der Waals surface area contributed by atoms with Gasteiger partial charge >= 0.3 is 0 Å². The SMILES string of the molecule is Cc1cccc(C(=O)N2C[C@H]3C[C@@H](C2)[C@H](CC2CCCCC2)N2C(=O)CCC[C@@H]32)c1C. The zero-order chi connectivity index (χ0) is 21.5. The smallest absolute Gasteiger partial charge is 0.254 e. The Morgan fingerprint density at radius 3 is 2.58 bits per heavy atom. The molecule has 3 heterocycles. The van der Waals surface area contributed by atoms with Gasteiger partial charge in [0.05, 0.1) is 0 Å². The van der Waals surface area contributed by atoms with Gasteiger partial charge in [0.25, 0.3) is 5.91 Å². The molecule has 3 saturated heterocycles. The monoisotopic (exact) mass is 422 g/mol. The molecule has 2 bridgehead atoms. The Morgan fingerprint density at radius 2 is 1.77 bits per heavy atom. The molecule has 0 radical (unpaired) electrons. The topological polar surface area (TPSA) is 40.6 Å². The van der Waals surface area contributed by atoms with Gasteiger partial charge in [-0.05, 0) is 74.5 Å². The molecule has 5 rings (SSSR count). The van der Waals surface area contributed by atoms with Gasteiger partial charge in [-0.1, -0.05) is 44.2 Å². The number of nitrogens with zero attached hydrogens (tertiary/aromatic N) is 2. The molecule has 0 spiro atoms. The van der Waals surface area contributed by atoms with Crippen LogP contribution in [0.4, 0.5) is 0 Å². The van der Waals surface area contributed by atoms with Crippen LogP contribution >= 0.6 is 0 Å². The molecule has 2 amide bonds. The van der Waals surface area contributed by atoms with Crippen molar-refractivity contribution in [2.75, 3.05) is 13.1 Å². The van der Waals surface area contributed by atoms with Crippen molar-refractivity contribution in [1.29, 1.82) is 0 Å². The van der Waals surface area contributed by atoms with E-state index in [2.05, 4.69) is 29.7 Å². The third-order valence-electron chi connectivity index (χ3n) is 8.92. The number of benzene rings is 1. The average Bonchev–Trinajstić information content (AvgIpc) is 2.79. The van der Waals surface area contributed by atoms with E-state index in [0.29, 0.717) is 29.8 Å². The molecular formula is C27H38N2O2. The standard InChI is InChI=1S/C27H38N2O2/c1-18-8-6-11-23(19(18)2)27(31)28-16-21-15-22(17-28)25(14-20-9-4-3-5-10-20)29-24(21)12-7-13-26(29)30/h6,8,11,20-22,24-25H,3-5,7,9-10,12-17H2,1-2H3/t21-,22+,24+,25+/m1/s1. The third kappa shape index (κ3) is 3.91. The lowest BCUT2D eigenvalue weighted by atomic mass is 9.69. The van der Waals surface area contributed by atoms with Crippen LogP contribution in [-0.4, -0.2) is 46.8 Å². The van der Waals surface area contributed by atoms with Crippen LogP contribution in [0.5, 0.6) is 0 Å². The first-order chi connectivity index (χ1) is 15.0. The lowest BCUT2D eigenvalue weighted by Gasteiger charge is -2.57. The first-order valence-corrected chi connectivity index (χ1v) is 12.7. The summed E-state index contributed by atoms with van der Waals surface area (Å²) in [6.07, 6.45) is 11.9. The van der Waals surface area contributed by atoms with Gasteiger partial charge in [0.15, 0.2) is 0 Å². The third-order valence-corrected chi connectivity index (χ3v) is 8.92. The number of hydrogen-bond acceptors (Lipinski definition) is 2. The number of piperidine rings is 3. The fourth-order valence-electron chi connectivity index (χ4n) is 7.16. The summed E-state index contributed by atoms with van der Waals surface area (Å²) in [4.78, 5) is 31.1. The number of carbonyl (C=O) groups excluding carboxylic acids is 2. The Hall–Kier alpha value is -1.84. The van der Waals surface area contributed by atoms with Gasteiger partial charge in [0, 0.05) is 37.2 Å². The molecular weight excluding hydrogens is 384 g/mol. The molecule has 3 aliphatic heterocycles. The molecule has 4 atom stereocenters. The second-order valence-corrected chi connectivity index (χ2v) is 10.8. The molecule has 1 aromatic rings. The molecule has 0 aromatic heterocycles. The maximum absolute atomic E-state index is 13.6. The molecule has 31 heavy (non-hydrogen) atoms. The predicted molar refractivity (Wildman–Crippen MR) is 123 cm³/mol. The summed E-state index contributed by atoms with van der Waals surface area (Å²) in [7, 11) is 0. The van der Waals surface area contributed by atoms with Crippen molar-refractivity contribution in [3.05, 3.63) is 34.9 Å². The van der Waals surface area contributed by atoms with Crippen LogP contribution in [0.3, 0.4) is 0 Å². The van der Waals surface area contributed by atoms with E-state index in [0.717, 1.165) is 55.8 Å². The fourth-order valence-corrected chi connectivity index (χ4v) is 7.16. The van der Waals surface area contributed by atoms with Crippen molar-refractivity contribution in [3.8, 4) is 0 Å². The Balaban J connectivity index is 1.41. The number of fused-ring (bicyclic) bond motifs is 4. The van der Waals surface area contributed by atoms with Gasteiger partial charge in [-0.3, -0.25) is 9.59 Å². The summed E-state index contributed by atoms with van der Waals surface area (Å²) >= 11 is 0. The minimum Gasteiger partial charge on any atom is -0.338 e. The number of aryl methyl sites for hydroxylation is 1. The van der Waals surface area contributed by atoms with Gasteiger partial charge in [-0.15, -0.1) is 0 Å². The van der Waals surface area contributed by atoms with Gasteiger partial charge in [-0.25, -0.2) is 0 Å². The molecule has 4 nitrogen and oxygen atoms in total. The molecule has 0 N–H and O–H groups in total. The second kappa shape index (κ2) is 8.60. The van der Waals surface area contributed by atoms with Crippen LogP contribution < -0.4 is 0 Å². The quantitative estimate of drug-likeness (QED) is 0.679. The predicted octanol–water partition coefficient (Wildman–Crippen LogP) is 5.12. The van der Waals surface area contributed by atoms with Crippen molar-refractivity contribution in [3.63, 3.8) is 0 Å². The van der Waals surface area contributed by atoms with E-state index in [-0.39, 0.29) is 5.91 Å². The highest BCUT2D eigenvalue weighted by Gasteiger charge is 2.50. The van der Waals surface area contributed by atoms with E-state index in [9.17, 15) is 9.59 Å². The maximum atomic E-state index is 13.6. The molecule has 1 saturated carbocycles.